The van der Waals surface area contributed by atoms with E-state index in [-0.39, 0.29) is 10.8 Å². The second-order valence-electron chi connectivity index (χ2n) is 3.62. The molecule has 3 heteroatoms. The maximum absolute atomic E-state index is 13.2. The zero-order valence-corrected chi connectivity index (χ0v) is 9.94. The third kappa shape index (κ3) is 3.80. The molecule has 84 valence electrons. The molecule has 0 aromatic heterocycles. The molecule has 0 fully saturated rings. The highest BCUT2D eigenvalue weighted by atomic mass is 35.5. The number of rotatable bonds is 5. The summed E-state index contributed by atoms with van der Waals surface area (Å²) >= 11 is 5.62. The van der Waals surface area contributed by atoms with E-state index in [0.29, 0.717) is 6.04 Å². The van der Waals surface area contributed by atoms with Gasteiger partial charge >= 0.3 is 0 Å². The average Bonchev–Trinajstić information content (AvgIpc) is 2.23. The zero-order valence-electron chi connectivity index (χ0n) is 9.19. The normalized spacial score (nSPS) is 12.8. The van der Waals surface area contributed by atoms with Crippen molar-refractivity contribution in [2.45, 2.75) is 32.7 Å². The van der Waals surface area contributed by atoms with E-state index in [1.165, 1.54) is 6.07 Å². The van der Waals surface area contributed by atoms with Gasteiger partial charge in [0, 0.05) is 6.04 Å². The second kappa shape index (κ2) is 6.09. The first-order valence-electron chi connectivity index (χ1n) is 5.34. The number of nitrogens with one attached hydrogen (secondary N) is 1. The summed E-state index contributed by atoms with van der Waals surface area (Å²) in [6, 6.07) is 5.43. The topological polar surface area (TPSA) is 12.0 Å². The molecule has 0 amide bonds. The first-order chi connectivity index (χ1) is 7.17. The monoisotopic (exact) mass is 229 g/mol. The molecular formula is C12H17ClFN. The molecule has 1 nitrogen and oxygen atoms in total. The molecule has 1 N–H and O–H groups in total. The van der Waals surface area contributed by atoms with Gasteiger partial charge in [-0.05, 0) is 37.1 Å². The second-order valence-corrected chi connectivity index (χ2v) is 4.02. The summed E-state index contributed by atoms with van der Waals surface area (Å²) in [5, 5.41) is 3.55. The summed E-state index contributed by atoms with van der Waals surface area (Å²) in [4.78, 5) is 0. The maximum Gasteiger partial charge on any atom is 0.142 e. The Hall–Kier alpha value is -0.600. The number of benzene rings is 1. The molecule has 1 atom stereocenters. The Morgan fingerprint density at radius 3 is 2.67 bits per heavy atom. The largest absolute Gasteiger partial charge is 0.314 e. The van der Waals surface area contributed by atoms with Crippen molar-refractivity contribution in [2.75, 3.05) is 6.54 Å². The number of hydrogen-bond acceptors (Lipinski definition) is 1. The molecule has 1 aromatic carbocycles. The Labute approximate surface area is 95.6 Å². The van der Waals surface area contributed by atoms with Crippen LogP contribution in [0.4, 0.5) is 4.39 Å². The zero-order chi connectivity index (χ0) is 11.3. The van der Waals surface area contributed by atoms with E-state index >= 15 is 0 Å². The van der Waals surface area contributed by atoms with Gasteiger partial charge in [0.05, 0.1) is 5.02 Å². The van der Waals surface area contributed by atoms with Gasteiger partial charge in [-0.15, -0.1) is 0 Å². The van der Waals surface area contributed by atoms with Gasteiger partial charge < -0.3 is 5.32 Å². The molecule has 0 heterocycles. The lowest BCUT2D eigenvalue weighted by atomic mass is 10.0. The van der Waals surface area contributed by atoms with Crippen LogP contribution in [-0.2, 0) is 6.42 Å². The highest BCUT2D eigenvalue weighted by Crippen LogP contribution is 2.16. The first-order valence-corrected chi connectivity index (χ1v) is 5.72. The van der Waals surface area contributed by atoms with E-state index < -0.39 is 0 Å². The molecule has 1 unspecified atom stereocenters. The molecular weight excluding hydrogens is 213 g/mol. The van der Waals surface area contributed by atoms with E-state index in [0.717, 1.165) is 24.9 Å². The van der Waals surface area contributed by atoms with Crippen molar-refractivity contribution >= 4 is 11.6 Å². The van der Waals surface area contributed by atoms with Crippen molar-refractivity contribution in [3.8, 4) is 0 Å². The summed E-state index contributed by atoms with van der Waals surface area (Å²) in [7, 11) is 0. The lowest BCUT2D eigenvalue weighted by Gasteiger charge is -2.15. The average molecular weight is 230 g/mol. The predicted molar refractivity (Wildman–Crippen MR) is 62.9 cm³/mol. The third-order valence-corrected chi connectivity index (χ3v) is 2.76. The Kier molecular flexibility index (Phi) is 5.06. The number of hydrogen-bond donors (Lipinski definition) is 1. The number of likely N-dealkylation sites (N-methyl/N-ethyl adjacent to an activating group) is 1. The van der Waals surface area contributed by atoms with Crippen molar-refractivity contribution in [1.82, 2.24) is 5.32 Å². The van der Waals surface area contributed by atoms with Gasteiger partial charge in [-0.1, -0.05) is 31.5 Å². The van der Waals surface area contributed by atoms with Crippen LogP contribution in [0.2, 0.25) is 5.02 Å². The molecule has 1 aromatic rings. The van der Waals surface area contributed by atoms with Gasteiger partial charge in [0.2, 0.25) is 0 Å². The quantitative estimate of drug-likeness (QED) is 0.816. The lowest BCUT2D eigenvalue weighted by molar-refractivity contribution is 0.508. The van der Waals surface area contributed by atoms with Crippen LogP contribution in [0.25, 0.3) is 0 Å². The van der Waals surface area contributed by atoms with Gasteiger partial charge in [0.1, 0.15) is 5.82 Å². The molecule has 0 saturated heterocycles. The van der Waals surface area contributed by atoms with Crippen molar-refractivity contribution in [3.63, 3.8) is 0 Å². The maximum atomic E-state index is 13.2. The van der Waals surface area contributed by atoms with Crippen LogP contribution in [0.5, 0.6) is 0 Å². The molecule has 1 rings (SSSR count). The smallest absolute Gasteiger partial charge is 0.142 e. The summed E-state index contributed by atoms with van der Waals surface area (Å²) in [5.41, 5.74) is 0.990. The summed E-state index contributed by atoms with van der Waals surface area (Å²) in [5.74, 6) is -0.333. The fourth-order valence-electron chi connectivity index (χ4n) is 1.60. The molecule has 0 aliphatic carbocycles. The van der Waals surface area contributed by atoms with Crippen LogP contribution in [0.3, 0.4) is 0 Å². The molecule has 0 radical (unpaired) electrons. The Bertz CT molecular complexity index is 314. The molecule has 15 heavy (non-hydrogen) atoms. The SMILES string of the molecule is CCNC(CC)Cc1ccc(Cl)c(F)c1. The lowest BCUT2D eigenvalue weighted by Crippen LogP contribution is -2.30. The van der Waals surface area contributed by atoms with Crippen LogP contribution in [-0.4, -0.2) is 12.6 Å². The fraction of sp³-hybridized carbons (Fsp3) is 0.500. The van der Waals surface area contributed by atoms with E-state index in [1.807, 2.05) is 6.07 Å². The molecule has 0 aliphatic heterocycles. The van der Waals surface area contributed by atoms with Gasteiger partial charge in [0.25, 0.3) is 0 Å². The predicted octanol–water partition coefficient (Wildman–Crippen LogP) is 3.41. The summed E-state index contributed by atoms with van der Waals surface area (Å²) < 4.78 is 13.2. The Morgan fingerprint density at radius 1 is 1.40 bits per heavy atom. The van der Waals surface area contributed by atoms with Crippen LogP contribution < -0.4 is 5.32 Å². The van der Waals surface area contributed by atoms with Crippen LogP contribution in [0, 0.1) is 5.82 Å². The van der Waals surface area contributed by atoms with Crippen LogP contribution >= 0.6 is 11.6 Å². The number of halogens is 2. The summed E-state index contributed by atoms with van der Waals surface area (Å²) in [6.07, 6.45) is 1.89. The first kappa shape index (κ1) is 12.5. The standard InChI is InChI=1S/C12H17ClFN/c1-3-10(15-4-2)7-9-5-6-11(13)12(14)8-9/h5-6,8,10,15H,3-4,7H2,1-2H3. The van der Waals surface area contributed by atoms with E-state index in [2.05, 4.69) is 19.2 Å². The minimum atomic E-state index is -0.333. The van der Waals surface area contributed by atoms with Crippen molar-refractivity contribution in [3.05, 3.63) is 34.6 Å². The molecule has 0 aliphatic rings. The molecule has 0 spiro atoms. The summed E-state index contributed by atoms with van der Waals surface area (Å²) in [6.45, 7) is 5.14. The third-order valence-electron chi connectivity index (χ3n) is 2.45. The highest BCUT2D eigenvalue weighted by Gasteiger charge is 2.07. The van der Waals surface area contributed by atoms with Gasteiger partial charge in [-0.25, -0.2) is 4.39 Å². The molecule has 0 bridgehead atoms. The van der Waals surface area contributed by atoms with E-state index in [9.17, 15) is 4.39 Å². The van der Waals surface area contributed by atoms with Crippen LogP contribution in [0.15, 0.2) is 18.2 Å². The van der Waals surface area contributed by atoms with Gasteiger partial charge in [-0.3, -0.25) is 0 Å². The van der Waals surface area contributed by atoms with Gasteiger partial charge in [0.15, 0.2) is 0 Å². The minimum absolute atomic E-state index is 0.190. The fourth-order valence-corrected chi connectivity index (χ4v) is 1.72. The Balaban J connectivity index is 2.66. The van der Waals surface area contributed by atoms with Gasteiger partial charge in [-0.2, -0.15) is 0 Å². The Morgan fingerprint density at radius 2 is 2.13 bits per heavy atom. The highest BCUT2D eigenvalue weighted by molar-refractivity contribution is 6.30. The van der Waals surface area contributed by atoms with Crippen molar-refractivity contribution < 1.29 is 4.39 Å². The van der Waals surface area contributed by atoms with E-state index in [1.54, 1.807) is 6.07 Å². The van der Waals surface area contributed by atoms with Crippen LogP contribution in [0.1, 0.15) is 25.8 Å². The minimum Gasteiger partial charge on any atom is -0.314 e. The van der Waals surface area contributed by atoms with Crippen molar-refractivity contribution in [2.24, 2.45) is 0 Å². The van der Waals surface area contributed by atoms with E-state index in [4.69, 9.17) is 11.6 Å². The molecule has 0 saturated carbocycles. The van der Waals surface area contributed by atoms with Crippen molar-refractivity contribution in [1.29, 1.82) is 0 Å².